The molecule has 0 bridgehead atoms. The normalized spacial score (nSPS) is 11.9. The fraction of sp³-hybridized carbons (Fsp3) is 0.105. The number of rotatable bonds is 6. The van der Waals surface area contributed by atoms with E-state index in [9.17, 15) is 14.3 Å². The SMILES string of the molecule is NC(=O)c1cc([C@H](O)CO)nc(-c2ccc(Oc3ccc(Cl)cc3F)cc2)n1. The Labute approximate surface area is 164 Å². The number of benzene rings is 2. The van der Waals surface area contributed by atoms with Crippen LogP contribution >= 0.6 is 11.6 Å². The molecule has 7 nitrogen and oxygen atoms in total. The Morgan fingerprint density at radius 3 is 2.50 bits per heavy atom. The van der Waals surface area contributed by atoms with Gasteiger partial charge < -0.3 is 20.7 Å². The van der Waals surface area contributed by atoms with Crippen LogP contribution in [0.3, 0.4) is 0 Å². The molecular weight excluding hydrogens is 389 g/mol. The highest BCUT2D eigenvalue weighted by Gasteiger charge is 2.16. The summed E-state index contributed by atoms with van der Waals surface area (Å²) < 4.78 is 19.3. The van der Waals surface area contributed by atoms with Crippen LogP contribution in [-0.4, -0.2) is 32.7 Å². The highest BCUT2D eigenvalue weighted by atomic mass is 35.5. The van der Waals surface area contributed by atoms with Crippen molar-refractivity contribution in [1.29, 1.82) is 0 Å². The molecule has 0 aliphatic heterocycles. The fourth-order valence-electron chi connectivity index (χ4n) is 2.34. The lowest BCUT2D eigenvalue weighted by Gasteiger charge is -2.11. The second-order valence-corrected chi connectivity index (χ2v) is 6.20. The molecule has 1 aromatic heterocycles. The van der Waals surface area contributed by atoms with Gasteiger partial charge in [0.25, 0.3) is 5.91 Å². The van der Waals surface area contributed by atoms with E-state index < -0.39 is 24.4 Å². The Kier molecular flexibility index (Phi) is 5.84. The lowest BCUT2D eigenvalue weighted by atomic mass is 10.1. The largest absolute Gasteiger partial charge is 0.454 e. The van der Waals surface area contributed by atoms with Gasteiger partial charge in [-0.15, -0.1) is 0 Å². The van der Waals surface area contributed by atoms with Gasteiger partial charge in [-0.2, -0.15) is 0 Å². The maximum Gasteiger partial charge on any atom is 0.267 e. The molecule has 0 fully saturated rings. The van der Waals surface area contributed by atoms with Crippen LogP contribution in [0.5, 0.6) is 11.5 Å². The number of hydrogen-bond acceptors (Lipinski definition) is 6. The molecule has 9 heteroatoms. The van der Waals surface area contributed by atoms with Crippen LogP contribution in [0.1, 0.15) is 22.3 Å². The predicted molar refractivity (Wildman–Crippen MR) is 99.5 cm³/mol. The number of aromatic nitrogens is 2. The predicted octanol–water partition coefficient (Wildman–Crippen LogP) is 2.85. The summed E-state index contributed by atoms with van der Waals surface area (Å²) in [5.74, 6) is -0.906. The molecule has 4 N–H and O–H groups in total. The Morgan fingerprint density at radius 1 is 1.18 bits per heavy atom. The molecule has 1 amide bonds. The number of ether oxygens (including phenoxy) is 1. The standard InChI is InChI=1S/C19H15ClFN3O4/c20-11-3-6-17(13(21)7-11)28-12-4-1-10(2-5-12)19-23-14(16(26)9-25)8-15(24-19)18(22)27/h1-8,16,25-26H,9H2,(H2,22,27)/t16-/m1/s1. The number of carbonyl (C=O) groups is 1. The molecule has 1 heterocycles. The van der Waals surface area contributed by atoms with Gasteiger partial charge in [0.15, 0.2) is 17.4 Å². The summed E-state index contributed by atoms with van der Waals surface area (Å²) in [4.78, 5) is 19.7. The zero-order chi connectivity index (χ0) is 20.3. The number of halogens is 2. The number of hydrogen-bond donors (Lipinski definition) is 3. The van der Waals surface area contributed by atoms with E-state index in [4.69, 9.17) is 27.2 Å². The molecule has 1 atom stereocenters. The van der Waals surface area contributed by atoms with Crippen molar-refractivity contribution in [3.63, 3.8) is 0 Å². The summed E-state index contributed by atoms with van der Waals surface area (Å²) in [5, 5.41) is 19.2. The average Bonchev–Trinajstić information content (AvgIpc) is 2.69. The molecule has 28 heavy (non-hydrogen) atoms. The molecule has 3 aromatic rings. The van der Waals surface area contributed by atoms with Gasteiger partial charge >= 0.3 is 0 Å². The lowest BCUT2D eigenvalue weighted by Crippen LogP contribution is -2.16. The number of nitrogens with two attached hydrogens (primary N) is 1. The van der Waals surface area contributed by atoms with Crippen molar-refractivity contribution >= 4 is 17.5 Å². The van der Waals surface area contributed by atoms with Crippen molar-refractivity contribution < 1.29 is 24.1 Å². The molecule has 0 saturated heterocycles. The third kappa shape index (κ3) is 4.42. The first-order chi connectivity index (χ1) is 13.4. The fourth-order valence-corrected chi connectivity index (χ4v) is 2.50. The number of nitrogens with zero attached hydrogens (tertiary/aromatic N) is 2. The molecular formula is C19H15ClFN3O4. The van der Waals surface area contributed by atoms with Gasteiger partial charge in [0, 0.05) is 10.6 Å². The molecule has 0 spiro atoms. The van der Waals surface area contributed by atoms with Crippen molar-refractivity contribution in [3.8, 4) is 22.9 Å². The van der Waals surface area contributed by atoms with Crippen LogP contribution in [0.4, 0.5) is 4.39 Å². The first kappa shape index (κ1) is 19.7. The van der Waals surface area contributed by atoms with Crippen LogP contribution in [0.25, 0.3) is 11.4 Å². The van der Waals surface area contributed by atoms with Crippen molar-refractivity contribution in [2.75, 3.05) is 6.61 Å². The number of amides is 1. The smallest absolute Gasteiger partial charge is 0.267 e. The van der Waals surface area contributed by atoms with Gasteiger partial charge in [0.05, 0.1) is 12.3 Å². The van der Waals surface area contributed by atoms with Crippen molar-refractivity contribution in [1.82, 2.24) is 9.97 Å². The monoisotopic (exact) mass is 403 g/mol. The van der Waals surface area contributed by atoms with Gasteiger partial charge in [0.1, 0.15) is 17.5 Å². The van der Waals surface area contributed by atoms with Crippen molar-refractivity contribution in [2.45, 2.75) is 6.10 Å². The number of aliphatic hydroxyl groups excluding tert-OH is 2. The van der Waals surface area contributed by atoms with Crippen molar-refractivity contribution in [3.05, 3.63) is 70.8 Å². The van der Waals surface area contributed by atoms with Gasteiger partial charge in [-0.05, 0) is 48.5 Å². The summed E-state index contributed by atoms with van der Waals surface area (Å²) in [7, 11) is 0. The van der Waals surface area contributed by atoms with Gasteiger partial charge in [-0.3, -0.25) is 4.79 Å². The van der Waals surface area contributed by atoms with E-state index in [1.54, 1.807) is 24.3 Å². The van der Waals surface area contributed by atoms with E-state index in [1.807, 2.05) is 0 Å². The highest BCUT2D eigenvalue weighted by molar-refractivity contribution is 6.30. The van der Waals surface area contributed by atoms with Gasteiger partial charge in [-0.1, -0.05) is 11.6 Å². The molecule has 0 saturated carbocycles. The summed E-state index contributed by atoms with van der Waals surface area (Å²) in [6, 6.07) is 11.6. The highest BCUT2D eigenvalue weighted by Crippen LogP contribution is 2.28. The molecule has 0 aliphatic carbocycles. The van der Waals surface area contributed by atoms with E-state index in [-0.39, 0.29) is 28.0 Å². The van der Waals surface area contributed by atoms with Gasteiger partial charge in [0.2, 0.25) is 0 Å². The summed E-state index contributed by atoms with van der Waals surface area (Å²) >= 11 is 5.71. The second-order valence-electron chi connectivity index (χ2n) is 5.77. The molecule has 144 valence electrons. The Balaban J connectivity index is 1.90. The van der Waals surface area contributed by atoms with E-state index in [2.05, 4.69) is 9.97 Å². The first-order valence-corrected chi connectivity index (χ1v) is 8.46. The summed E-state index contributed by atoms with van der Waals surface area (Å²) in [5.41, 5.74) is 5.73. The number of aliphatic hydroxyl groups is 2. The minimum absolute atomic E-state index is 0.0116. The minimum atomic E-state index is -1.28. The maximum absolute atomic E-state index is 13.8. The van der Waals surface area contributed by atoms with Crippen LogP contribution in [0.15, 0.2) is 48.5 Å². The number of carbonyl (C=O) groups excluding carboxylic acids is 1. The molecule has 0 aliphatic rings. The lowest BCUT2D eigenvalue weighted by molar-refractivity contribution is 0.0916. The zero-order valence-corrected chi connectivity index (χ0v) is 15.1. The van der Waals surface area contributed by atoms with E-state index >= 15 is 0 Å². The average molecular weight is 404 g/mol. The summed E-state index contributed by atoms with van der Waals surface area (Å²) in [6.45, 7) is -0.575. The zero-order valence-electron chi connectivity index (χ0n) is 14.3. The van der Waals surface area contributed by atoms with E-state index in [0.29, 0.717) is 11.3 Å². The molecule has 0 unspecified atom stereocenters. The van der Waals surface area contributed by atoms with Crippen LogP contribution < -0.4 is 10.5 Å². The first-order valence-electron chi connectivity index (χ1n) is 8.08. The Hall–Kier alpha value is -3.07. The third-order valence-corrected chi connectivity index (χ3v) is 3.98. The van der Waals surface area contributed by atoms with Gasteiger partial charge in [-0.25, -0.2) is 14.4 Å². The van der Waals surface area contributed by atoms with Crippen molar-refractivity contribution in [2.24, 2.45) is 5.73 Å². The number of primary amides is 1. The van der Waals surface area contributed by atoms with E-state index in [1.165, 1.54) is 18.2 Å². The molecule has 3 rings (SSSR count). The van der Waals surface area contributed by atoms with Crippen LogP contribution in [0.2, 0.25) is 5.02 Å². The minimum Gasteiger partial charge on any atom is -0.454 e. The quantitative estimate of drug-likeness (QED) is 0.582. The third-order valence-electron chi connectivity index (χ3n) is 3.75. The summed E-state index contributed by atoms with van der Waals surface area (Å²) in [6.07, 6.45) is -1.28. The Morgan fingerprint density at radius 2 is 1.89 bits per heavy atom. The van der Waals surface area contributed by atoms with E-state index in [0.717, 1.165) is 6.07 Å². The maximum atomic E-state index is 13.8. The van der Waals surface area contributed by atoms with Crippen LogP contribution in [-0.2, 0) is 0 Å². The Bertz CT molecular complexity index is 1010. The second kappa shape index (κ2) is 8.30. The topological polar surface area (TPSA) is 119 Å². The molecule has 2 aromatic carbocycles. The molecule has 0 radical (unpaired) electrons. The van der Waals surface area contributed by atoms with Crippen LogP contribution in [0, 0.1) is 5.82 Å².